The fourth-order valence-electron chi connectivity index (χ4n) is 4.03. The van der Waals surface area contributed by atoms with Crippen LogP contribution in [0.5, 0.6) is 11.5 Å². The van der Waals surface area contributed by atoms with E-state index in [1.165, 1.54) is 29.5 Å². The quantitative estimate of drug-likeness (QED) is 0.429. The number of ether oxygens (including phenoxy) is 1. The lowest BCUT2D eigenvalue weighted by molar-refractivity contribution is 0.0954. The van der Waals surface area contributed by atoms with E-state index in [9.17, 15) is 14.7 Å². The van der Waals surface area contributed by atoms with Crippen molar-refractivity contribution < 1.29 is 19.4 Å². The number of aryl methyl sites for hydroxylation is 1. The van der Waals surface area contributed by atoms with Crippen molar-refractivity contribution in [1.82, 2.24) is 5.32 Å². The number of halogens is 1. The summed E-state index contributed by atoms with van der Waals surface area (Å²) in [5.41, 5.74) is 2.91. The van der Waals surface area contributed by atoms with Gasteiger partial charge in [-0.05, 0) is 67.5 Å². The van der Waals surface area contributed by atoms with Crippen LogP contribution < -0.4 is 15.4 Å². The van der Waals surface area contributed by atoms with Gasteiger partial charge in [-0.15, -0.1) is 11.3 Å². The average Bonchev–Trinajstić information content (AvgIpc) is 3.18. The van der Waals surface area contributed by atoms with E-state index in [1.807, 2.05) is 24.3 Å². The Bertz CT molecular complexity index is 1190. The Hall–Kier alpha value is -3.03. The lowest BCUT2D eigenvalue weighted by Crippen LogP contribution is -2.28. The summed E-state index contributed by atoms with van der Waals surface area (Å²) in [6, 6.07) is 12.0. The number of para-hydroxylation sites is 1. The molecular formula is C25H25ClN2O4S. The van der Waals surface area contributed by atoms with E-state index in [-0.39, 0.29) is 22.6 Å². The van der Waals surface area contributed by atoms with E-state index in [1.54, 1.807) is 7.11 Å². The smallest absolute Gasteiger partial charge is 0.256 e. The summed E-state index contributed by atoms with van der Waals surface area (Å²) in [4.78, 5) is 27.2. The van der Waals surface area contributed by atoms with Gasteiger partial charge in [0.1, 0.15) is 16.5 Å². The Morgan fingerprint density at radius 3 is 2.70 bits per heavy atom. The minimum atomic E-state index is -0.376. The normalized spacial score (nSPS) is 12.7. The minimum absolute atomic E-state index is 0.0880. The van der Waals surface area contributed by atoms with Crippen molar-refractivity contribution in [2.24, 2.45) is 0 Å². The number of phenols is 1. The van der Waals surface area contributed by atoms with Crippen molar-refractivity contribution in [2.45, 2.75) is 32.1 Å². The number of anilines is 1. The van der Waals surface area contributed by atoms with Crippen LogP contribution in [0.3, 0.4) is 0 Å². The Kier molecular flexibility index (Phi) is 7.20. The van der Waals surface area contributed by atoms with Crippen molar-refractivity contribution in [3.8, 4) is 11.5 Å². The predicted molar refractivity (Wildman–Crippen MR) is 131 cm³/mol. The molecular weight excluding hydrogens is 460 g/mol. The maximum atomic E-state index is 13.2. The average molecular weight is 485 g/mol. The van der Waals surface area contributed by atoms with Crippen molar-refractivity contribution in [3.05, 3.63) is 74.6 Å². The van der Waals surface area contributed by atoms with Crippen LogP contribution in [0.25, 0.3) is 0 Å². The van der Waals surface area contributed by atoms with E-state index in [2.05, 4.69) is 10.6 Å². The molecule has 2 aromatic carbocycles. The molecule has 8 heteroatoms. The standard InChI is InChI=1S/C25H25ClN2O4S/c1-32-20-8-4-2-6-15(20)12-13-27-24(31)22-17-7-3-5-9-21(17)33-25(22)28-23(30)16-10-11-19(29)18(26)14-16/h2,4,6,8,10-11,14,29H,3,5,7,9,12-13H2,1H3,(H,27,31)(H,28,30). The summed E-state index contributed by atoms with van der Waals surface area (Å²) in [6.45, 7) is 0.449. The summed E-state index contributed by atoms with van der Waals surface area (Å²) < 4.78 is 5.39. The van der Waals surface area contributed by atoms with E-state index in [4.69, 9.17) is 16.3 Å². The highest BCUT2D eigenvalue weighted by Gasteiger charge is 2.26. The van der Waals surface area contributed by atoms with Gasteiger partial charge in [-0.2, -0.15) is 0 Å². The molecule has 0 atom stereocenters. The zero-order chi connectivity index (χ0) is 23.4. The van der Waals surface area contributed by atoms with Gasteiger partial charge in [-0.25, -0.2) is 0 Å². The summed E-state index contributed by atoms with van der Waals surface area (Å²) in [7, 11) is 1.63. The fraction of sp³-hybridized carbons (Fsp3) is 0.280. The third kappa shape index (κ3) is 5.15. The van der Waals surface area contributed by atoms with Crippen LogP contribution in [0.4, 0.5) is 5.00 Å². The number of nitrogens with one attached hydrogen (secondary N) is 2. The molecule has 3 aromatic rings. The molecule has 4 rings (SSSR count). The Labute approximate surface area is 201 Å². The van der Waals surface area contributed by atoms with Crippen molar-refractivity contribution in [3.63, 3.8) is 0 Å². The van der Waals surface area contributed by atoms with Gasteiger partial charge in [0.15, 0.2) is 0 Å². The van der Waals surface area contributed by atoms with Crippen molar-refractivity contribution >= 4 is 39.8 Å². The highest BCUT2D eigenvalue weighted by Crippen LogP contribution is 2.38. The summed E-state index contributed by atoms with van der Waals surface area (Å²) >= 11 is 7.42. The number of phenolic OH excluding ortho intramolecular Hbond substituents is 1. The maximum Gasteiger partial charge on any atom is 0.256 e. The number of methoxy groups -OCH3 is 1. The summed E-state index contributed by atoms with van der Waals surface area (Å²) in [5.74, 6) is 0.136. The van der Waals surface area contributed by atoms with Crippen LogP contribution in [0, 0.1) is 0 Å². The minimum Gasteiger partial charge on any atom is -0.506 e. The molecule has 33 heavy (non-hydrogen) atoms. The number of thiophene rings is 1. The van der Waals surface area contributed by atoms with Crippen LogP contribution in [0.1, 0.15) is 49.6 Å². The highest BCUT2D eigenvalue weighted by atomic mass is 35.5. The lowest BCUT2D eigenvalue weighted by Gasteiger charge is -2.14. The number of aromatic hydroxyl groups is 1. The lowest BCUT2D eigenvalue weighted by atomic mass is 9.95. The fourth-order valence-corrected chi connectivity index (χ4v) is 5.49. The molecule has 6 nitrogen and oxygen atoms in total. The van der Waals surface area contributed by atoms with Crippen LogP contribution in [-0.4, -0.2) is 30.6 Å². The van der Waals surface area contributed by atoms with Gasteiger partial charge in [0.2, 0.25) is 0 Å². The Morgan fingerprint density at radius 1 is 1.12 bits per heavy atom. The topological polar surface area (TPSA) is 87.7 Å². The van der Waals surface area contributed by atoms with Crippen LogP contribution in [0.15, 0.2) is 42.5 Å². The van der Waals surface area contributed by atoms with Crippen molar-refractivity contribution in [2.75, 3.05) is 19.0 Å². The highest BCUT2D eigenvalue weighted by molar-refractivity contribution is 7.17. The number of amides is 2. The first-order chi connectivity index (χ1) is 16.0. The number of benzene rings is 2. The Morgan fingerprint density at radius 2 is 1.91 bits per heavy atom. The molecule has 0 saturated carbocycles. The van der Waals surface area contributed by atoms with E-state index in [0.29, 0.717) is 29.1 Å². The molecule has 172 valence electrons. The van der Waals surface area contributed by atoms with E-state index in [0.717, 1.165) is 47.4 Å². The van der Waals surface area contributed by atoms with Crippen LogP contribution in [0.2, 0.25) is 5.02 Å². The molecule has 2 amide bonds. The second-order valence-electron chi connectivity index (χ2n) is 7.85. The molecule has 0 aliphatic heterocycles. The maximum absolute atomic E-state index is 13.2. The van der Waals surface area contributed by atoms with Gasteiger partial charge in [-0.3, -0.25) is 9.59 Å². The van der Waals surface area contributed by atoms with Gasteiger partial charge >= 0.3 is 0 Å². The molecule has 3 N–H and O–H groups in total. The molecule has 0 fully saturated rings. The number of hydrogen-bond acceptors (Lipinski definition) is 5. The van der Waals surface area contributed by atoms with Crippen LogP contribution in [-0.2, 0) is 19.3 Å². The number of rotatable bonds is 7. The monoisotopic (exact) mass is 484 g/mol. The first-order valence-corrected chi connectivity index (χ1v) is 12.0. The van der Waals surface area contributed by atoms with E-state index >= 15 is 0 Å². The first-order valence-electron chi connectivity index (χ1n) is 10.8. The molecule has 0 bridgehead atoms. The molecule has 1 aromatic heterocycles. The van der Waals surface area contributed by atoms with Crippen molar-refractivity contribution in [1.29, 1.82) is 0 Å². The Balaban J connectivity index is 1.52. The first kappa shape index (κ1) is 23.1. The number of hydrogen-bond donors (Lipinski definition) is 3. The number of fused-ring (bicyclic) bond motifs is 1. The molecule has 0 spiro atoms. The number of carbonyl (C=O) groups is 2. The molecule has 0 unspecified atom stereocenters. The molecule has 1 aliphatic carbocycles. The second kappa shape index (κ2) is 10.3. The summed E-state index contributed by atoms with van der Waals surface area (Å²) in [5, 5.41) is 16.2. The largest absolute Gasteiger partial charge is 0.506 e. The molecule has 0 radical (unpaired) electrons. The second-order valence-corrected chi connectivity index (χ2v) is 9.37. The zero-order valence-electron chi connectivity index (χ0n) is 18.2. The molecule has 1 aliphatic rings. The van der Waals surface area contributed by atoms with Gasteiger partial charge in [0.05, 0.1) is 17.7 Å². The van der Waals surface area contributed by atoms with E-state index < -0.39 is 0 Å². The van der Waals surface area contributed by atoms with Gasteiger partial charge < -0.3 is 20.5 Å². The van der Waals surface area contributed by atoms with Crippen LogP contribution >= 0.6 is 22.9 Å². The van der Waals surface area contributed by atoms with Gasteiger partial charge in [-0.1, -0.05) is 29.8 Å². The third-order valence-electron chi connectivity index (χ3n) is 5.71. The number of carbonyl (C=O) groups excluding carboxylic acids is 2. The molecule has 0 saturated heterocycles. The SMILES string of the molecule is COc1ccccc1CCNC(=O)c1c(NC(=O)c2ccc(O)c(Cl)c2)sc2c1CCCC2. The summed E-state index contributed by atoms with van der Waals surface area (Å²) in [6.07, 6.45) is 4.45. The third-order valence-corrected chi connectivity index (χ3v) is 7.22. The zero-order valence-corrected chi connectivity index (χ0v) is 19.8. The van der Waals surface area contributed by atoms with Gasteiger partial charge in [0.25, 0.3) is 11.8 Å². The molecule has 1 heterocycles. The predicted octanol–water partition coefficient (Wildman–Crippen LogP) is 5.22. The van der Waals surface area contributed by atoms with Gasteiger partial charge in [0, 0.05) is 17.0 Å².